The fourth-order valence-electron chi connectivity index (χ4n) is 4.92. The molecular weight excluding hydrogens is 480 g/mol. The molecule has 3 heterocycles. The van der Waals surface area contributed by atoms with Gasteiger partial charge in [0.2, 0.25) is 0 Å². The third-order valence-corrected chi connectivity index (χ3v) is 6.87. The molecule has 2 aliphatic rings. The van der Waals surface area contributed by atoms with Crippen LogP contribution in [0.15, 0.2) is 30.5 Å². The lowest BCUT2D eigenvalue weighted by Gasteiger charge is -2.34. The van der Waals surface area contributed by atoms with Crippen molar-refractivity contribution in [3.8, 4) is 17.0 Å². The van der Waals surface area contributed by atoms with Gasteiger partial charge < -0.3 is 23.7 Å². The summed E-state index contributed by atoms with van der Waals surface area (Å²) in [5.41, 5.74) is 3.21. The fourth-order valence-corrected chi connectivity index (χ4v) is 5.08. The number of nitrogens with zero attached hydrogens (tertiary/aromatic N) is 4. The molecule has 0 unspecified atom stereocenters. The molecule has 0 spiro atoms. The average molecular weight is 513 g/mol. The predicted molar refractivity (Wildman–Crippen MR) is 139 cm³/mol. The summed E-state index contributed by atoms with van der Waals surface area (Å²) in [5.74, 6) is 1.06. The van der Waals surface area contributed by atoms with Crippen molar-refractivity contribution < 1.29 is 19.0 Å². The van der Waals surface area contributed by atoms with Crippen LogP contribution in [0.1, 0.15) is 64.0 Å². The maximum absolute atomic E-state index is 12.7. The highest BCUT2D eigenvalue weighted by atomic mass is 35.5. The van der Waals surface area contributed by atoms with E-state index in [1.165, 1.54) is 5.56 Å². The Labute approximate surface area is 216 Å². The topological polar surface area (TPSA) is 78.7 Å². The lowest BCUT2D eigenvalue weighted by Crippen LogP contribution is -2.43. The Bertz CT molecular complexity index is 1260. The molecule has 1 aromatic carbocycles. The molecule has 36 heavy (non-hydrogen) atoms. The molecule has 1 aliphatic carbocycles. The second-order valence-corrected chi connectivity index (χ2v) is 11.0. The first-order chi connectivity index (χ1) is 17.2. The number of amides is 1. The van der Waals surface area contributed by atoms with E-state index in [1.807, 2.05) is 37.8 Å². The molecule has 1 amide bonds. The normalized spacial score (nSPS) is 18.5. The Balaban J connectivity index is 1.50. The molecule has 2 fully saturated rings. The fraction of sp³-hybridized carbons (Fsp3) is 0.519. The summed E-state index contributed by atoms with van der Waals surface area (Å²) in [4.78, 5) is 14.5. The molecular formula is C27H33ClN4O4. The van der Waals surface area contributed by atoms with Crippen LogP contribution in [0.5, 0.6) is 5.75 Å². The van der Waals surface area contributed by atoms with E-state index in [2.05, 4.69) is 16.8 Å². The number of carbonyl (C=O) groups is 1. The second-order valence-electron chi connectivity index (χ2n) is 10.6. The van der Waals surface area contributed by atoms with Crippen molar-refractivity contribution in [1.29, 1.82) is 0 Å². The van der Waals surface area contributed by atoms with E-state index in [9.17, 15) is 4.79 Å². The van der Waals surface area contributed by atoms with Crippen LogP contribution < -0.4 is 4.74 Å². The minimum absolute atomic E-state index is 0.118. The summed E-state index contributed by atoms with van der Waals surface area (Å²) in [7, 11) is 1.59. The number of hydrogen-bond acceptors (Lipinski definition) is 6. The number of piperidine rings is 1. The van der Waals surface area contributed by atoms with E-state index in [1.54, 1.807) is 13.2 Å². The number of halogens is 1. The van der Waals surface area contributed by atoms with E-state index < -0.39 is 5.60 Å². The van der Waals surface area contributed by atoms with Crippen LogP contribution >= 0.6 is 11.6 Å². The molecule has 3 aromatic rings. The highest BCUT2D eigenvalue weighted by Gasteiger charge is 2.33. The van der Waals surface area contributed by atoms with Gasteiger partial charge in [-0.05, 0) is 82.2 Å². The van der Waals surface area contributed by atoms with Crippen molar-refractivity contribution in [2.75, 3.05) is 27.0 Å². The minimum atomic E-state index is -0.515. The van der Waals surface area contributed by atoms with Crippen LogP contribution in [0.25, 0.3) is 22.3 Å². The van der Waals surface area contributed by atoms with Crippen molar-refractivity contribution in [3.05, 3.63) is 41.0 Å². The zero-order valence-electron chi connectivity index (χ0n) is 21.3. The summed E-state index contributed by atoms with van der Waals surface area (Å²) < 4.78 is 18.7. The first-order valence-electron chi connectivity index (χ1n) is 12.5. The van der Waals surface area contributed by atoms with Gasteiger partial charge in [0.05, 0.1) is 6.04 Å². The highest BCUT2D eigenvalue weighted by molar-refractivity contribution is 6.30. The van der Waals surface area contributed by atoms with Gasteiger partial charge in [0.1, 0.15) is 17.0 Å². The standard InChI is InChI=1S/C27H33ClN4O4/c1-27(2,3)36-26(33)31-12-5-6-19(15-31)32-13-11-21-23(17-7-8-17)24(29-30-25(21)32)20-10-9-18(28)14-22(20)35-16-34-4/h9-11,13-14,17,19H,5-8,12,15-16H2,1-4H3/t19-/m1/s1. The quantitative estimate of drug-likeness (QED) is 0.367. The number of carbonyl (C=O) groups excluding carboxylic acids is 1. The first-order valence-corrected chi connectivity index (χ1v) is 12.9. The van der Waals surface area contributed by atoms with Crippen molar-refractivity contribution in [3.63, 3.8) is 0 Å². The van der Waals surface area contributed by atoms with Gasteiger partial charge >= 0.3 is 6.09 Å². The molecule has 0 N–H and O–H groups in total. The van der Waals surface area contributed by atoms with Gasteiger partial charge in [-0.3, -0.25) is 0 Å². The molecule has 0 radical (unpaired) electrons. The van der Waals surface area contributed by atoms with Crippen LogP contribution in [-0.4, -0.2) is 58.4 Å². The van der Waals surface area contributed by atoms with E-state index in [4.69, 9.17) is 36.0 Å². The maximum Gasteiger partial charge on any atom is 0.410 e. The summed E-state index contributed by atoms with van der Waals surface area (Å²) in [5, 5.41) is 11.1. The highest BCUT2D eigenvalue weighted by Crippen LogP contribution is 2.48. The van der Waals surface area contributed by atoms with Gasteiger partial charge in [0, 0.05) is 42.4 Å². The Morgan fingerprint density at radius 2 is 1.97 bits per heavy atom. The van der Waals surface area contributed by atoms with E-state index >= 15 is 0 Å². The smallest absolute Gasteiger partial charge is 0.410 e. The molecule has 1 saturated heterocycles. The number of ether oxygens (including phenoxy) is 3. The minimum Gasteiger partial charge on any atom is -0.467 e. The van der Waals surface area contributed by atoms with E-state index in [-0.39, 0.29) is 18.9 Å². The van der Waals surface area contributed by atoms with E-state index in [0.29, 0.717) is 29.8 Å². The van der Waals surface area contributed by atoms with Crippen molar-refractivity contribution in [2.24, 2.45) is 0 Å². The van der Waals surface area contributed by atoms with Gasteiger partial charge in [-0.25, -0.2) is 4.79 Å². The van der Waals surface area contributed by atoms with Crippen molar-refractivity contribution in [2.45, 2.75) is 64.0 Å². The Hall–Kier alpha value is -2.84. The van der Waals surface area contributed by atoms with Crippen molar-refractivity contribution in [1.82, 2.24) is 19.7 Å². The molecule has 0 bridgehead atoms. The number of fused-ring (bicyclic) bond motifs is 1. The third-order valence-electron chi connectivity index (χ3n) is 6.64. The Kier molecular flexibility index (Phi) is 6.83. The predicted octanol–water partition coefficient (Wildman–Crippen LogP) is 6.18. The number of benzene rings is 1. The van der Waals surface area contributed by atoms with Crippen LogP contribution in [0.4, 0.5) is 4.79 Å². The van der Waals surface area contributed by atoms with Crippen LogP contribution in [0.3, 0.4) is 0 Å². The summed E-state index contributed by atoms with van der Waals surface area (Å²) in [6.45, 7) is 7.09. The molecule has 192 valence electrons. The number of rotatable bonds is 6. The van der Waals surface area contributed by atoms with Crippen LogP contribution in [0, 0.1) is 0 Å². The SMILES string of the molecule is COCOc1cc(Cl)ccc1-c1nnc2c(ccn2[C@@H]2CCCN(C(=O)OC(C)(C)C)C2)c1C1CC1. The zero-order valence-corrected chi connectivity index (χ0v) is 22.0. The Morgan fingerprint density at radius 1 is 1.17 bits per heavy atom. The molecule has 1 saturated carbocycles. The van der Waals surface area contributed by atoms with Crippen LogP contribution in [0.2, 0.25) is 5.02 Å². The number of hydrogen-bond donors (Lipinski definition) is 0. The van der Waals surface area contributed by atoms with Gasteiger partial charge in [-0.1, -0.05) is 11.6 Å². The average Bonchev–Trinajstić information content (AvgIpc) is 3.59. The molecule has 8 nitrogen and oxygen atoms in total. The number of methoxy groups -OCH3 is 1. The number of aromatic nitrogens is 3. The second kappa shape index (κ2) is 9.90. The molecule has 5 rings (SSSR count). The zero-order chi connectivity index (χ0) is 25.4. The summed E-state index contributed by atoms with van der Waals surface area (Å²) in [6, 6.07) is 7.83. The maximum atomic E-state index is 12.7. The van der Waals surface area contributed by atoms with Gasteiger partial charge in [0.15, 0.2) is 12.4 Å². The lowest BCUT2D eigenvalue weighted by molar-refractivity contribution is 0.0174. The molecule has 1 aliphatic heterocycles. The lowest BCUT2D eigenvalue weighted by atomic mass is 9.99. The molecule has 1 atom stereocenters. The monoisotopic (exact) mass is 512 g/mol. The Morgan fingerprint density at radius 3 is 2.69 bits per heavy atom. The third kappa shape index (κ3) is 5.15. The van der Waals surface area contributed by atoms with Gasteiger partial charge in [-0.15, -0.1) is 10.2 Å². The largest absolute Gasteiger partial charge is 0.467 e. The summed E-state index contributed by atoms with van der Waals surface area (Å²) >= 11 is 6.25. The van der Waals surface area contributed by atoms with Crippen LogP contribution in [-0.2, 0) is 9.47 Å². The van der Waals surface area contributed by atoms with E-state index in [0.717, 1.165) is 48.0 Å². The number of likely N-dealkylation sites (tertiary alicyclic amines) is 1. The molecule has 2 aromatic heterocycles. The van der Waals surface area contributed by atoms with Crippen molar-refractivity contribution >= 4 is 28.7 Å². The van der Waals surface area contributed by atoms with Gasteiger partial charge in [-0.2, -0.15) is 0 Å². The molecule has 9 heteroatoms. The van der Waals surface area contributed by atoms with Gasteiger partial charge in [0.25, 0.3) is 0 Å². The summed E-state index contributed by atoms with van der Waals surface area (Å²) in [6.07, 6.45) is 5.95. The first kappa shape index (κ1) is 24.8.